The number of carbonyl (C=O) groups is 1. The molecule has 1 N–H and O–H groups in total. The predicted octanol–water partition coefficient (Wildman–Crippen LogP) is 2.39. The van der Waals surface area contributed by atoms with E-state index in [9.17, 15) is 9.90 Å². The highest BCUT2D eigenvalue weighted by atomic mass is 16.4. The van der Waals surface area contributed by atoms with Gasteiger partial charge in [0.15, 0.2) is 5.82 Å². The number of pyridine rings is 1. The molecule has 0 bridgehead atoms. The van der Waals surface area contributed by atoms with Gasteiger partial charge in [0.1, 0.15) is 11.5 Å². The highest BCUT2D eigenvalue weighted by Crippen LogP contribution is 2.27. The first-order valence-corrected chi connectivity index (χ1v) is 7.78. The fraction of sp³-hybridized carbons (Fsp3) is 0.412. The van der Waals surface area contributed by atoms with Crippen LogP contribution in [0.25, 0.3) is 11.5 Å². The van der Waals surface area contributed by atoms with Crippen LogP contribution < -0.4 is 4.90 Å². The van der Waals surface area contributed by atoms with Crippen molar-refractivity contribution in [2.24, 2.45) is 11.8 Å². The molecular formula is C17H20N4O2. The molecule has 0 aromatic carbocycles. The summed E-state index contributed by atoms with van der Waals surface area (Å²) in [5.74, 6) is 0.574. The summed E-state index contributed by atoms with van der Waals surface area (Å²) in [7, 11) is 0. The summed E-state index contributed by atoms with van der Waals surface area (Å²) in [6, 6.07) is 7.53. The summed E-state index contributed by atoms with van der Waals surface area (Å²) < 4.78 is 0. The minimum absolute atomic E-state index is 0.318. The topological polar surface area (TPSA) is 79.2 Å². The van der Waals surface area contributed by atoms with Gasteiger partial charge in [0, 0.05) is 31.0 Å². The van der Waals surface area contributed by atoms with Crippen molar-refractivity contribution in [1.29, 1.82) is 0 Å². The number of aliphatic carboxylic acids is 1. The van der Waals surface area contributed by atoms with Gasteiger partial charge in [-0.15, -0.1) is 0 Å². The van der Waals surface area contributed by atoms with Gasteiger partial charge in [-0.1, -0.05) is 13.0 Å². The van der Waals surface area contributed by atoms with Crippen LogP contribution in [0.3, 0.4) is 0 Å². The third kappa shape index (κ3) is 3.47. The Morgan fingerprint density at radius 1 is 1.30 bits per heavy atom. The lowest BCUT2D eigenvalue weighted by Gasteiger charge is -2.35. The smallest absolute Gasteiger partial charge is 0.308 e. The first-order valence-electron chi connectivity index (χ1n) is 7.78. The number of carboxylic acids is 1. The lowest BCUT2D eigenvalue weighted by atomic mass is 9.90. The van der Waals surface area contributed by atoms with E-state index in [-0.39, 0.29) is 5.92 Å². The van der Waals surface area contributed by atoms with Crippen LogP contribution in [-0.4, -0.2) is 39.1 Å². The number of aryl methyl sites for hydroxylation is 1. The molecule has 2 aromatic rings. The number of rotatable bonds is 3. The van der Waals surface area contributed by atoms with E-state index in [2.05, 4.69) is 21.9 Å². The van der Waals surface area contributed by atoms with E-state index in [1.165, 1.54) is 0 Å². The molecule has 0 amide bonds. The summed E-state index contributed by atoms with van der Waals surface area (Å²) >= 11 is 0. The minimum atomic E-state index is -0.739. The maximum absolute atomic E-state index is 11.4. The van der Waals surface area contributed by atoms with Crippen molar-refractivity contribution in [1.82, 2.24) is 15.0 Å². The summed E-state index contributed by atoms with van der Waals surface area (Å²) in [6.07, 6.45) is 2.42. The zero-order valence-electron chi connectivity index (χ0n) is 13.3. The second-order valence-corrected chi connectivity index (χ2v) is 6.19. The molecule has 23 heavy (non-hydrogen) atoms. The zero-order valence-corrected chi connectivity index (χ0v) is 13.3. The van der Waals surface area contributed by atoms with Crippen LogP contribution in [-0.2, 0) is 4.79 Å². The molecule has 1 aliphatic rings. The van der Waals surface area contributed by atoms with Crippen molar-refractivity contribution >= 4 is 11.8 Å². The molecule has 2 atom stereocenters. The average Bonchev–Trinajstić information content (AvgIpc) is 2.54. The van der Waals surface area contributed by atoms with Crippen molar-refractivity contribution in [3.05, 3.63) is 36.2 Å². The van der Waals surface area contributed by atoms with Crippen LogP contribution in [0.4, 0.5) is 5.82 Å². The second kappa shape index (κ2) is 6.32. The van der Waals surface area contributed by atoms with E-state index in [1.807, 2.05) is 36.1 Å². The standard InChI is InChI=1S/C17H20N4O2/c1-11-7-13(17(22)23)10-21(9-11)15-8-12(2)19-16(20-15)14-5-3-4-6-18-14/h3-6,8,11,13H,7,9-10H2,1-2H3,(H,22,23). The monoisotopic (exact) mass is 312 g/mol. The highest BCUT2D eigenvalue weighted by Gasteiger charge is 2.30. The molecule has 3 rings (SSSR count). The Morgan fingerprint density at radius 3 is 2.83 bits per heavy atom. The average molecular weight is 312 g/mol. The second-order valence-electron chi connectivity index (χ2n) is 6.19. The van der Waals surface area contributed by atoms with Crippen LogP contribution in [0.5, 0.6) is 0 Å². The molecule has 120 valence electrons. The molecule has 1 saturated heterocycles. The Balaban J connectivity index is 1.93. The molecule has 3 heterocycles. The van der Waals surface area contributed by atoms with Gasteiger partial charge >= 0.3 is 5.97 Å². The largest absolute Gasteiger partial charge is 0.481 e. The van der Waals surface area contributed by atoms with E-state index >= 15 is 0 Å². The van der Waals surface area contributed by atoms with Gasteiger partial charge in [-0.2, -0.15) is 0 Å². The lowest BCUT2D eigenvalue weighted by Crippen LogP contribution is -2.43. The fourth-order valence-electron chi connectivity index (χ4n) is 3.04. The predicted molar refractivity (Wildman–Crippen MR) is 87.1 cm³/mol. The number of aromatic nitrogens is 3. The maximum Gasteiger partial charge on any atom is 0.308 e. The normalized spacial score (nSPS) is 21.2. The van der Waals surface area contributed by atoms with Crippen molar-refractivity contribution in [3.8, 4) is 11.5 Å². The van der Waals surface area contributed by atoms with Gasteiger partial charge in [-0.3, -0.25) is 9.78 Å². The molecule has 6 nitrogen and oxygen atoms in total. The quantitative estimate of drug-likeness (QED) is 0.937. The zero-order chi connectivity index (χ0) is 16.4. The van der Waals surface area contributed by atoms with Crippen molar-refractivity contribution in [2.45, 2.75) is 20.3 Å². The van der Waals surface area contributed by atoms with Gasteiger partial charge in [-0.25, -0.2) is 9.97 Å². The van der Waals surface area contributed by atoms with E-state index in [0.29, 0.717) is 24.7 Å². The van der Waals surface area contributed by atoms with Gasteiger partial charge < -0.3 is 10.0 Å². The van der Waals surface area contributed by atoms with Crippen LogP contribution in [0.15, 0.2) is 30.5 Å². The van der Waals surface area contributed by atoms with E-state index in [4.69, 9.17) is 0 Å². The van der Waals surface area contributed by atoms with Crippen LogP contribution in [0.1, 0.15) is 19.0 Å². The molecule has 1 aliphatic heterocycles. The van der Waals surface area contributed by atoms with E-state index in [1.54, 1.807) is 6.20 Å². The number of anilines is 1. The Labute approximate surface area is 135 Å². The summed E-state index contributed by atoms with van der Waals surface area (Å²) in [5, 5.41) is 9.34. The molecule has 6 heteroatoms. The molecule has 0 saturated carbocycles. The van der Waals surface area contributed by atoms with Gasteiger partial charge in [0.2, 0.25) is 0 Å². The van der Waals surface area contributed by atoms with E-state index < -0.39 is 5.97 Å². The third-order valence-corrected chi connectivity index (χ3v) is 4.07. The fourth-order valence-corrected chi connectivity index (χ4v) is 3.04. The minimum Gasteiger partial charge on any atom is -0.481 e. The van der Waals surface area contributed by atoms with Crippen LogP contribution in [0, 0.1) is 18.8 Å². The van der Waals surface area contributed by atoms with Crippen molar-refractivity contribution in [3.63, 3.8) is 0 Å². The Morgan fingerprint density at radius 2 is 2.13 bits per heavy atom. The van der Waals surface area contributed by atoms with Crippen LogP contribution in [0.2, 0.25) is 0 Å². The Bertz CT molecular complexity index is 705. The molecular weight excluding hydrogens is 292 g/mol. The number of piperidine rings is 1. The van der Waals surface area contributed by atoms with Crippen molar-refractivity contribution < 1.29 is 9.90 Å². The number of hydrogen-bond donors (Lipinski definition) is 1. The van der Waals surface area contributed by atoms with Crippen LogP contribution >= 0.6 is 0 Å². The summed E-state index contributed by atoms with van der Waals surface area (Å²) in [6.45, 7) is 5.29. The number of carboxylic acid groups (broad SMARTS) is 1. The SMILES string of the molecule is Cc1cc(N2CC(C)CC(C(=O)O)C2)nc(-c2ccccn2)n1. The van der Waals surface area contributed by atoms with Gasteiger partial charge in [0.05, 0.1) is 5.92 Å². The molecule has 1 fully saturated rings. The molecule has 0 radical (unpaired) electrons. The molecule has 0 aliphatic carbocycles. The lowest BCUT2D eigenvalue weighted by molar-refractivity contribution is -0.142. The number of nitrogens with zero attached hydrogens (tertiary/aromatic N) is 4. The third-order valence-electron chi connectivity index (χ3n) is 4.07. The maximum atomic E-state index is 11.4. The van der Waals surface area contributed by atoms with Gasteiger partial charge in [-0.05, 0) is 31.4 Å². The van der Waals surface area contributed by atoms with Crippen molar-refractivity contribution in [2.75, 3.05) is 18.0 Å². The van der Waals surface area contributed by atoms with Gasteiger partial charge in [0.25, 0.3) is 0 Å². The van der Waals surface area contributed by atoms with E-state index in [0.717, 1.165) is 23.8 Å². The molecule has 2 unspecified atom stereocenters. The highest BCUT2D eigenvalue weighted by molar-refractivity contribution is 5.71. The Kier molecular flexibility index (Phi) is 4.23. The summed E-state index contributed by atoms with van der Waals surface area (Å²) in [4.78, 5) is 26.8. The summed E-state index contributed by atoms with van der Waals surface area (Å²) in [5.41, 5.74) is 1.57. The number of hydrogen-bond acceptors (Lipinski definition) is 5. The Hall–Kier alpha value is -2.50. The molecule has 0 spiro atoms. The first kappa shape index (κ1) is 15.4. The first-order chi connectivity index (χ1) is 11.0. The molecule has 2 aromatic heterocycles.